The van der Waals surface area contributed by atoms with Crippen molar-refractivity contribution in [2.75, 3.05) is 20.3 Å². The number of ether oxygens (including phenoxy) is 2. The van der Waals surface area contributed by atoms with Gasteiger partial charge in [0.2, 0.25) is 0 Å². The second-order valence-electron chi connectivity index (χ2n) is 4.24. The third-order valence-corrected chi connectivity index (χ3v) is 3.06. The Balaban J connectivity index is 2.48. The zero-order valence-corrected chi connectivity index (χ0v) is 10.9. The number of fused-ring (bicyclic) bond motifs is 1. The molecule has 0 unspecified atom stereocenters. The Labute approximate surface area is 107 Å². The van der Waals surface area contributed by atoms with Gasteiger partial charge in [-0.2, -0.15) is 0 Å². The van der Waals surface area contributed by atoms with Crippen molar-refractivity contribution in [1.82, 2.24) is 5.32 Å². The van der Waals surface area contributed by atoms with Crippen LogP contribution < -0.4 is 14.8 Å². The molecule has 0 saturated heterocycles. The number of hydrogen-bond acceptors (Lipinski definition) is 3. The molecule has 18 heavy (non-hydrogen) atoms. The van der Waals surface area contributed by atoms with Gasteiger partial charge >= 0.3 is 0 Å². The van der Waals surface area contributed by atoms with E-state index in [0.29, 0.717) is 18.8 Å². The number of nitrogens with one attached hydrogen (secondary N) is 1. The normalized spacial score (nSPS) is 14.1. The van der Waals surface area contributed by atoms with Crippen LogP contribution in [0.4, 0.5) is 0 Å². The van der Waals surface area contributed by atoms with E-state index in [0.717, 1.165) is 36.3 Å². The van der Waals surface area contributed by atoms with E-state index in [1.54, 1.807) is 7.05 Å². The summed E-state index contributed by atoms with van der Waals surface area (Å²) in [5.41, 5.74) is 1.66. The van der Waals surface area contributed by atoms with Crippen molar-refractivity contribution < 1.29 is 14.3 Å². The molecule has 1 N–H and O–H groups in total. The predicted octanol–water partition coefficient (Wildman–Crippen LogP) is 2.16. The minimum absolute atomic E-state index is 0.0696. The van der Waals surface area contributed by atoms with Crippen molar-refractivity contribution in [2.45, 2.75) is 26.2 Å². The van der Waals surface area contributed by atoms with Crippen LogP contribution >= 0.6 is 0 Å². The summed E-state index contributed by atoms with van der Waals surface area (Å²) in [5, 5.41) is 2.67. The van der Waals surface area contributed by atoms with Gasteiger partial charge in [0.1, 0.15) is 0 Å². The molecule has 0 aliphatic carbocycles. The summed E-state index contributed by atoms with van der Waals surface area (Å²) < 4.78 is 11.3. The Morgan fingerprint density at radius 1 is 1.44 bits per heavy atom. The average molecular weight is 249 g/mol. The molecule has 1 heterocycles. The number of amides is 1. The quantitative estimate of drug-likeness (QED) is 0.893. The molecule has 1 aliphatic rings. The molecular weight excluding hydrogens is 230 g/mol. The van der Waals surface area contributed by atoms with Crippen LogP contribution in [0.1, 0.15) is 35.7 Å². The van der Waals surface area contributed by atoms with Crippen molar-refractivity contribution in [2.24, 2.45) is 0 Å². The standard InChI is InChI=1S/C14H19NO3/c1-3-17-12-8-7-11(14(16)15-2)10-6-4-5-9-18-13(10)12/h7-8H,3-6,9H2,1-2H3,(H,15,16). The molecule has 4 heteroatoms. The Hall–Kier alpha value is -1.71. The highest BCUT2D eigenvalue weighted by Gasteiger charge is 2.21. The third-order valence-electron chi connectivity index (χ3n) is 3.06. The highest BCUT2D eigenvalue weighted by atomic mass is 16.5. The number of carbonyl (C=O) groups is 1. The maximum atomic E-state index is 11.9. The first-order valence-electron chi connectivity index (χ1n) is 6.41. The largest absolute Gasteiger partial charge is 0.490 e. The fourth-order valence-corrected chi connectivity index (χ4v) is 2.21. The van der Waals surface area contributed by atoms with Crippen LogP contribution in [0.2, 0.25) is 0 Å². The molecule has 0 fully saturated rings. The minimum Gasteiger partial charge on any atom is -0.490 e. The summed E-state index contributed by atoms with van der Waals surface area (Å²) in [5.74, 6) is 1.41. The first kappa shape index (κ1) is 12.7. The smallest absolute Gasteiger partial charge is 0.251 e. The maximum Gasteiger partial charge on any atom is 0.251 e. The van der Waals surface area contributed by atoms with Gasteiger partial charge in [-0.25, -0.2) is 0 Å². The van der Waals surface area contributed by atoms with Crippen LogP contribution in [0.5, 0.6) is 11.5 Å². The van der Waals surface area contributed by atoms with Crippen LogP contribution in [0.3, 0.4) is 0 Å². The van der Waals surface area contributed by atoms with Crippen molar-refractivity contribution in [3.63, 3.8) is 0 Å². The van der Waals surface area contributed by atoms with Gasteiger partial charge in [0.05, 0.1) is 13.2 Å². The molecule has 0 saturated carbocycles. The Bertz CT molecular complexity index is 443. The number of benzene rings is 1. The summed E-state index contributed by atoms with van der Waals surface area (Å²) in [6.07, 6.45) is 2.90. The highest BCUT2D eigenvalue weighted by Crippen LogP contribution is 2.36. The average Bonchev–Trinajstić information content (AvgIpc) is 2.64. The van der Waals surface area contributed by atoms with E-state index in [1.807, 2.05) is 19.1 Å². The lowest BCUT2D eigenvalue weighted by molar-refractivity contribution is 0.0961. The number of rotatable bonds is 3. The van der Waals surface area contributed by atoms with Gasteiger partial charge in [-0.1, -0.05) is 0 Å². The van der Waals surface area contributed by atoms with Gasteiger partial charge in [0, 0.05) is 18.2 Å². The topological polar surface area (TPSA) is 47.6 Å². The first-order valence-corrected chi connectivity index (χ1v) is 6.41. The second kappa shape index (κ2) is 5.76. The van der Waals surface area contributed by atoms with E-state index in [1.165, 1.54) is 0 Å². The van der Waals surface area contributed by atoms with Gasteiger partial charge in [-0.3, -0.25) is 4.79 Å². The molecule has 1 amide bonds. The molecule has 98 valence electrons. The highest BCUT2D eigenvalue weighted by molar-refractivity contribution is 5.96. The third kappa shape index (κ3) is 2.42. The molecule has 0 bridgehead atoms. The van der Waals surface area contributed by atoms with Gasteiger partial charge in [0.25, 0.3) is 5.91 Å². The van der Waals surface area contributed by atoms with Crippen LogP contribution in [0, 0.1) is 0 Å². The monoisotopic (exact) mass is 249 g/mol. The Morgan fingerprint density at radius 2 is 2.28 bits per heavy atom. The lowest BCUT2D eigenvalue weighted by Crippen LogP contribution is -2.20. The van der Waals surface area contributed by atoms with Crippen molar-refractivity contribution in [3.05, 3.63) is 23.3 Å². The fourth-order valence-electron chi connectivity index (χ4n) is 2.21. The fraction of sp³-hybridized carbons (Fsp3) is 0.500. The Kier molecular flexibility index (Phi) is 4.07. The molecule has 0 spiro atoms. The molecule has 4 nitrogen and oxygen atoms in total. The summed E-state index contributed by atoms with van der Waals surface area (Å²) in [6.45, 7) is 3.22. The predicted molar refractivity (Wildman–Crippen MR) is 69.4 cm³/mol. The first-order chi connectivity index (χ1) is 8.77. The molecule has 2 rings (SSSR count). The molecule has 1 aromatic rings. The second-order valence-corrected chi connectivity index (χ2v) is 4.24. The van der Waals surface area contributed by atoms with E-state index >= 15 is 0 Å². The van der Waals surface area contributed by atoms with Gasteiger partial charge < -0.3 is 14.8 Å². The van der Waals surface area contributed by atoms with Crippen LogP contribution in [0.15, 0.2) is 12.1 Å². The maximum absolute atomic E-state index is 11.9. The van der Waals surface area contributed by atoms with Crippen molar-refractivity contribution >= 4 is 5.91 Å². The SMILES string of the molecule is CCOc1ccc(C(=O)NC)c2c1OCCCC2. The van der Waals surface area contributed by atoms with E-state index in [-0.39, 0.29) is 5.91 Å². The summed E-state index contributed by atoms with van der Waals surface area (Å²) in [6, 6.07) is 3.63. The lowest BCUT2D eigenvalue weighted by atomic mass is 10.0. The van der Waals surface area contributed by atoms with Crippen molar-refractivity contribution in [3.8, 4) is 11.5 Å². The molecule has 1 aromatic carbocycles. The number of hydrogen-bond donors (Lipinski definition) is 1. The van der Waals surface area contributed by atoms with E-state index < -0.39 is 0 Å². The van der Waals surface area contributed by atoms with Crippen LogP contribution in [0.25, 0.3) is 0 Å². The molecular formula is C14H19NO3. The number of carbonyl (C=O) groups excluding carboxylic acids is 1. The summed E-state index contributed by atoms with van der Waals surface area (Å²) >= 11 is 0. The van der Waals surface area contributed by atoms with Gasteiger partial charge in [-0.15, -0.1) is 0 Å². The molecule has 0 radical (unpaired) electrons. The zero-order valence-electron chi connectivity index (χ0n) is 10.9. The summed E-state index contributed by atoms with van der Waals surface area (Å²) in [4.78, 5) is 11.9. The minimum atomic E-state index is -0.0696. The van der Waals surface area contributed by atoms with Gasteiger partial charge in [0.15, 0.2) is 11.5 Å². The summed E-state index contributed by atoms with van der Waals surface area (Å²) in [7, 11) is 1.64. The van der Waals surface area contributed by atoms with E-state index in [4.69, 9.17) is 9.47 Å². The van der Waals surface area contributed by atoms with E-state index in [2.05, 4.69) is 5.32 Å². The molecule has 0 atom stereocenters. The molecule has 0 aromatic heterocycles. The molecule has 1 aliphatic heterocycles. The zero-order chi connectivity index (χ0) is 13.0. The van der Waals surface area contributed by atoms with Crippen LogP contribution in [-0.4, -0.2) is 26.2 Å². The van der Waals surface area contributed by atoms with Crippen LogP contribution in [-0.2, 0) is 6.42 Å². The van der Waals surface area contributed by atoms with Crippen molar-refractivity contribution in [1.29, 1.82) is 0 Å². The Morgan fingerprint density at radius 3 is 3.00 bits per heavy atom. The van der Waals surface area contributed by atoms with Gasteiger partial charge in [-0.05, 0) is 38.3 Å². The van der Waals surface area contributed by atoms with E-state index in [9.17, 15) is 4.79 Å². The lowest BCUT2D eigenvalue weighted by Gasteiger charge is -2.16.